The molecule has 1 heterocycles. The van der Waals surface area contributed by atoms with Gasteiger partial charge in [-0.2, -0.15) is 4.31 Å². The second-order valence-electron chi connectivity index (χ2n) is 7.21. The number of benzene rings is 2. The zero-order chi connectivity index (χ0) is 21.0. The van der Waals surface area contributed by atoms with Crippen LogP contribution in [0.2, 0.25) is 0 Å². The zero-order valence-electron chi connectivity index (χ0n) is 16.6. The summed E-state index contributed by atoms with van der Waals surface area (Å²) in [6, 6.07) is 12.6. The van der Waals surface area contributed by atoms with Gasteiger partial charge in [0.15, 0.2) is 0 Å². The Morgan fingerprint density at radius 1 is 1.17 bits per heavy atom. The van der Waals surface area contributed by atoms with Crippen LogP contribution < -0.4 is 10.4 Å². The van der Waals surface area contributed by atoms with E-state index in [0.717, 1.165) is 23.4 Å². The van der Waals surface area contributed by atoms with Gasteiger partial charge in [0, 0.05) is 19.6 Å². The van der Waals surface area contributed by atoms with Gasteiger partial charge in [0.2, 0.25) is 15.9 Å². The van der Waals surface area contributed by atoms with Gasteiger partial charge >= 0.3 is 0 Å². The van der Waals surface area contributed by atoms with Gasteiger partial charge in [-0.1, -0.05) is 17.7 Å². The first-order valence-electron chi connectivity index (χ1n) is 9.71. The minimum Gasteiger partial charge on any atom is -0.286 e. The summed E-state index contributed by atoms with van der Waals surface area (Å²) >= 11 is 0. The summed E-state index contributed by atoms with van der Waals surface area (Å²) in [4.78, 5) is 12.9. The molecular weight excluding hydrogens is 393 g/mol. The van der Waals surface area contributed by atoms with Gasteiger partial charge in [0.05, 0.1) is 16.5 Å². The van der Waals surface area contributed by atoms with Crippen molar-refractivity contribution in [2.45, 2.75) is 31.6 Å². The zero-order valence-corrected chi connectivity index (χ0v) is 17.5. The van der Waals surface area contributed by atoms with Crippen LogP contribution in [0, 0.1) is 18.7 Å². The van der Waals surface area contributed by atoms with Crippen molar-refractivity contribution in [2.75, 3.05) is 24.6 Å². The molecule has 1 atom stereocenters. The largest absolute Gasteiger partial charge is 0.286 e. The molecule has 0 aromatic heterocycles. The second kappa shape index (κ2) is 8.92. The number of carbonyl (C=O) groups is 1. The molecular formula is C21H26FN3O3S. The highest BCUT2D eigenvalue weighted by molar-refractivity contribution is 7.89. The molecule has 156 valence electrons. The average molecular weight is 420 g/mol. The number of anilines is 1. The lowest BCUT2D eigenvalue weighted by Crippen LogP contribution is -2.50. The molecule has 0 bridgehead atoms. The standard InChI is InChI=1S/C21H26FN3O3S/c1-3-25(19-10-6-16(2)7-11-19)23-21(26)17-5-4-14-24(15-17)29(27,28)20-12-8-18(22)9-13-20/h6-13,17H,3-5,14-15H2,1-2H3,(H,23,26)/t17-/m1/s1. The first-order chi connectivity index (χ1) is 13.8. The number of carbonyl (C=O) groups excluding carboxylic acids is 1. The van der Waals surface area contributed by atoms with Gasteiger partial charge in [0.1, 0.15) is 5.82 Å². The van der Waals surface area contributed by atoms with Crippen LogP contribution in [-0.2, 0) is 14.8 Å². The summed E-state index contributed by atoms with van der Waals surface area (Å²) in [6.45, 7) is 4.97. The van der Waals surface area contributed by atoms with Crippen LogP contribution in [-0.4, -0.2) is 38.3 Å². The smallest absolute Gasteiger partial charge is 0.243 e. The van der Waals surface area contributed by atoms with Gasteiger partial charge in [-0.15, -0.1) is 0 Å². The van der Waals surface area contributed by atoms with E-state index in [1.54, 1.807) is 5.01 Å². The van der Waals surface area contributed by atoms with Crippen molar-refractivity contribution in [3.05, 3.63) is 59.9 Å². The van der Waals surface area contributed by atoms with E-state index in [1.165, 1.54) is 16.4 Å². The van der Waals surface area contributed by atoms with Gasteiger partial charge in [-0.05, 0) is 63.1 Å². The summed E-state index contributed by atoms with van der Waals surface area (Å²) in [5, 5.41) is 1.76. The van der Waals surface area contributed by atoms with Gasteiger partial charge in [0.25, 0.3) is 0 Å². The maximum atomic E-state index is 13.1. The Bertz CT molecular complexity index is 946. The van der Waals surface area contributed by atoms with E-state index in [4.69, 9.17) is 0 Å². The molecule has 1 aliphatic rings. The van der Waals surface area contributed by atoms with E-state index in [1.807, 2.05) is 38.1 Å². The van der Waals surface area contributed by atoms with Gasteiger partial charge in [-0.3, -0.25) is 15.2 Å². The van der Waals surface area contributed by atoms with Gasteiger partial charge < -0.3 is 0 Å². The minimum atomic E-state index is -3.76. The third kappa shape index (κ3) is 4.94. The molecule has 1 amide bonds. The molecule has 2 aromatic rings. The molecule has 0 unspecified atom stereocenters. The van der Waals surface area contributed by atoms with Crippen molar-refractivity contribution in [2.24, 2.45) is 5.92 Å². The van der Waals surface area contributed by atoms with Crippen molar-refractivity contribution in [3.63, 3.8) is 0 Å². The molecule has 6 nitrogen and oxygen atoms in total. The Hall–Kier alpha value is -2.45. The lowest BCUT2D eigenvalue weighted by molar-refractivity contribution is -0.126. The Balaban J connectivity index is 1.70. The first-order valence-corrected chi connectivity index (χ1v) is 11.2. The number of hydrazine groups is 1. The monoisotopic (exact) mass is 419 g/mol. The maximum Gasteiger partial charge on any atom is 0.243 e. The summed E-state index contributed by atoms with van der Waals surface area (Å²) in [5.74, 6) is -1.14. The molecule has 0 aliphatic carbocycles. The fourth-order valence-corrected chi connectivity index (χ4v) is 4.93. The fraction of sp³-hybridized carbons (Fsp3) is 0.381. The number of sulfonamides is 1. The number of hydrogen-bond donors (Lipinski definition) is 1. The van der Waals surface area contributed by atoms with Crippen LogP contribution in [0.4, 0.5) is 10.1 Å². The quantitative estimate of drug-likeness (QED) is 0.731. The summed E-state index contributed by atoms with van der Waals surface area (Å²) in [7, 11) is -3.76. The molecule has 1 fully saturated rings. The number of hydrogen-bond acceptors (Lipinski definition) is 4. The van der Waals surface area contributed by atoms with Crippen molar-refractivity contribution in [1.29, 1.82) is 0 Å². The third-order valence-electron chi connectivity index (χ3n) is 5.11. The van der Waals surface area contributed by atoms with Crippen LogP contribution in [0.15, 0.2) is 53.4 Å². The number of halogens is 1. The number of amides is 1. The lowest BCUT2D eigenvalue weighted by atomic mass is 9.99. The topological polar surface area (TPSA) is 69.7 Å². The normalized spacial score (nSPS) is 17.7. The number of nitrogens with zero attached hydrogens (tertiary/aromatic N) is 2. The van der Waals surface area contributed by atoms with Crippen molar-refractivity contribution in [1.82, 2.24) is 9.73 Å². The second-order valence-corrected chi connectivity index (χ2v) is 9.15. The Labute approximate surface area is 171 Å². The maximum absolute atomic E-state index is 13.1. The van der Waals surface area contributed by atoms with Crippen LogP contribution in [0.5, 0.6) is 0 Å². The Morgan fingerprint density at radius 2 is 1.83 bits per heavy atom. The third-order valence-corrected chi connectivity index (χ3v) is 6.99. The van der Waals surface area contributed by atoms with Crippen molar-refractivity contribution in [3.8, 4) is 0 Å². The molecule has 0 radical (unpaired) electrons. The highest BCUT2D eigenvalue weighted by Gasteiger charge is 2.33. The van der Waals surface area contributed by atoms with E-state index in [0.29, 0.717) is 25.9 Å². The number of piperidine rings is 1. The molecule has 8 heteroatoms. The predicted octanol–water partition coefficient (Wildman–Crippen LogP) is 3.09. The van der Waals surface area contributed by atoms with E-state index >= 15 is 0 Å². The van der Waals surface area contributed by atoms with Crippen LogP contribution >= 0.6 is 0 Å². The lowest BCUT2D eigenvalue weighted by Gasteiger charge is -2.33. The molecule has 2 aromatic carbocycles. The molecule has 0 spiro atoms. The molecule has 29 heavy (non-hydrogen) atoms. The highest BCUT2D eigenvalue weighted by atomic mass is 32.2. The van der Waals surface area contributed by atoms with Crippen molar-refractivity contribution >= 4 is 21.6 Å². The predicted molar refractivity (Wildman–Crippen MR) is 110 cm³/mol. The van der Waals surface area contributed by atoms with Crippen LogP contribution in [0.1, 0.15) is 25.3 Å². The van der Waals surface area contributed by atoms with E-state index < -0.39 is 21.8 Å². The first kappa shape index (κ1) is 21.3. The minimum absolute atomic E-state index is 0.0369. The molecule has 1 saturated heterocycles. The van der Waals surface area contributed by atoms with Gasteiger partial charge in [-0.25, -0.2) is 12.8 Å². The van der Waals surface area contributed by atoms with E-state index in [-0.39, 0.29) is 17.3 Å². The Morgan fingerprint density at radius 3 is 2.45 bits per heavy atom. The average Bonchev–Trinajstić information content (AvgIpc) is 2.73. The van der Waals surface area contributed by atoms with Crippen LogP contribution in [0.25, 0.3) is 0 Å². The molecule has 0 saturated carbocycles. The molecule has 1 N–H and O–H groups in total. The summed E-state index contributed by atoms with van der Waals surface area (Å²) < 4.78 is 40.2. The highest BCUT2D eigenvalue weighted by Crippen LogP contribution is 2.24. The summed E-state index contributed by atoms with van der Waals surface area (Å²) in [5.41, 5.74) is 4.92. The van der Waals surface area contributed by atoms with Crippen LogP contribution in [0.3, 0.4) is 0 Å². The van der Waals surface area contributed by atoms with E-state index in [9.17, 15) is 17.6 Å². The van der Waals surface area contributed by atoms with E-state index in [2.05, 4.69) is 5.43 Å². The Kier molecular flexibility index (Phi) is 6.54. The number of nitrogens with one attached hydrogen (secondary N) is 1. The SMILES string of the molecule is CCN(NC(=O)[C@@H]1CCCN(S(=O)(=O)c2ccc(F)cc2)C1)c1ccc(C)cc1. The molecule has 1 aliphatic heterocycles. The summed E-state index contributed by atoms with van der Waals surface area (Å²) in [6.07, 6.45) is 1.21. The van der Waals surface area contributed by atoms with Crippen molar-refractivity contribution < 1.29 is 17.6 Å². The number of aryl methyl sites for hydroxylation is 1. The molecule has 3 rings (SSSR count). The fourth-order valence-electron chi connectivity index (χ4n) is 3.41. The number of rotatable bonds is 6.